The van der Waals surface area contributed by atoms with Crippen molar-refractivity contribution in [2.45, 2.75) is 37.3 Å². The second-order valence-electron chi connectivity index (χ2n) is 8.99. The Balaban J connectivity index is 1.60. The molecule has 9 heteroatoms. The molecule has 1 aromatic carbocycles. The number of fused-ring (bicyclic) bond motifs is 5. The first-order valence-corrected chi connectivity index (χ1v) is 10.8. The largest absolute Gasteiger partial charge is 0.497 e. The normalized spacial score (nSPS) is 33.2. The van der Waals surface area contributed by atoms with Crippen LogP contribution < -0.4 is 14.5 Å². The van der Waals surface area contributed by atoms with Crippen molar-refractivity contribution in [2.24, 2.45) is 11.8 Å². The topological polar surface area (TPSA) is 97.8 Å². The summed E-state index contributed by atoms with van der Waals surface area (Å²) in [6, 6.07) is 3.27. The highest BCUT2D eigenvalue weighted by molar-refractivity contribution is 6.08. The lowest BCUT2D eigenvalue weighted by Crippen LogP contribution is -2.57. The molecule has 1 amide bonds. The number of rotatable bonds is 3. The van der Waals surface area contributed by atoms with E-state index in [1.807, 2.05) is 13.0 Å². The van der Waals surface area contributed by atoms with Crippen molar-refractivity contribution in [3.8, 4) is 11.5 Å². The maximum absolute atomic E-state index is 13.6. The molecule has 32 heavy (non-hydrogen) atoms. The molecular weight excluding hydrogens is 416 g/mol. The predicted octanol–water partition coefficient (Wildman–Crippen LogP) is 1.86. The van der Waals surface area contributed by atoms with Gasteiger partial charge in [0.05, 0.1) is 50.4 Å². The number of hydrogen-bond donors (Lipinski definition) is 1. The fourth-order valence-electron chi connectivity index (χ4n) is 6.23. The lowest BCUT2D eigenvalue weighted by atomic mass is 9.66. The molecule has 1 spiro atoms. The molecule has 5 rings (SSSR count). The highest BCUT2D eigenvalue weighted by Crippen LogP contribution is 2.56. The number of esters is 1. The molecule has 4 aliphatic rings. The summed E-state index contributed by atoms with van der Waals surface area (Å²) in [5.41, 5.74) is 0.742. The van der Waals surface area contributed by atoms with Crippen molar-refractivity contribution in [3.05, 3.63) is 29.5 Å². The highest BCUT2D eigenvalue weighted by Gasteiger charge is 2.63. The Morgan fingerprint density at radius 1 is 1.22 bits per heavy atom. The SMILES string of the molecule is COC(=O)C1=CO[C@@H](C)[C@H]2CN3CC[C@]4(C(=O)N(O)c5cc(OC)c(OC)cc54)[C@@H]3C[C@@H]12. The first-order valence-electron chi connectivity index (χ1n) is 10.8. The Labute approximate surface area is 186 Å². The van der Waals surface area contributed by atoms with E-state index in [1.165, 1.54) is 20.5 Å². The smallest absolute Gasteiger partial charge is 0.337 e. The van der Waals surface area contributed by atoms with Crippen LogP contribution in [-0.2, 0) is 24.5 Å². The van der Waals surface area contributed by atoms with Crippen LogP contribution in [0.5, 0.6) is 11.5 Å². The van der Waals surface area contributed by atoms with Crippen molar-refractivity contribution in [2.75, 3.05) is 39.5 Å². The summed E-state index contributed by atoms with van der Waals surface area (Å²) in [5, 5.41) is 11.5. The third kappa shape index (κ3) is 2.64. The zero-order valence-corrected chi connectivity index (χ0v) is 18.7. The summed E-state index contributed by atoms with van der Waals surface area (Å²) in [7, 11) is 4.43. The van der Waals surface area contributed by atoms with E-state index in [0.717, 1.165) is 10.6 Å². The first-order chi connectivity index (χ1) is 15.4. The van der Waals surface area contributed by atoms with Crippen LogP contribution in [0.2, 0.25) is 0 Å². The quantitative estimate of drug-likeness (QED) is 0.557. The Hall–Kier alpha value is -2.78. The van der Waals surface area contributed by atoms with Crippen LogP contribution in [-0.4, -0.2) is 68.5 Å². The molecule has 0 aromatic heterocycles. The molecule has 4 aliphatic heterocycles. The third-order valence-electron chi connectivity index (χ3n) is 7.86. The highest BCUT2D eigenvalue weighted by atomic mass is 16.5. The number of carbonyl (C=O) groups excluding carboxylic acids is 2. The van der Waals surface area contributed by atoms with Crippen LogP contribution in [0.15, 0.2) is 24.0 Å². The van der Waals surface area contributed by atoms with Gasteiger partial charge in [-0.1, -0.05) is 0 Å². The van der Waals surface area contributed by atoms with E-state index in [2.05, 4.69) is 4.90 Å². The zero-order valence-electron chi connectivity index (χ0n) is 18.7. The van der Waals surface area contributed by atoms with Crippen molar-refractivity contribution >= 4 is 17.6 Å². The summed E-state index contributed by atoms with van der Waals surface area (Å²) >= 11 is 0. The summed E-state index contributed by atoms with van der Waals surface area (Å²) in [6.45, 7) is 3.43. The number of benzene rings is 1. The van der Waals surface area contributed by atoms with Crippen molar-refractivity contribution < 1.29 is 33.7 Å². The van der Waals surface area contributed by atoms with E-state index in [1.54, 1.807) is 13.2 Å². The van der Waals surface area contributed by atoms with E-state index in [4.69, 9.17) is 18.9 Å². The Kier molecular flexibility index (Phi) is 4.86. The van der Waals surface area contributed by atoms with Gasteiger partial charge in [-0.15, -0.1) is 0 Å². The molecule has 5 atom stereocenters. The van der Waals surface area contributed by atoms with Gasteiger partial charge in [-0.25, -0.2) is 4.79 Å². The summed E-state index contributed by atoms with van der Waals surface area (Å²) in [6.07, 6.45) is 2.64. The summed E-state index contributed by atoms with van der Waals surface area (Å²) in [5.74, 6) is 0.232. The first kappa shape index (κ1) is 21.1. The number of anilines is 1. The average molecular weight is 444 g/mol. The molecule has 0 unspecified atom stereocenters. The number of hydrogen-bond acceptors (Lipinski definition) is 8. The molecular formula is C23H28N2O7. The maximum atomic E-state index is 13.6. The lowest BCUT2D eigenvalue weighted by Gasteiger charge is -2.48. The van der Waals surface area contributed by atoms with Gasteiger partial charge in [-0.05, 0) is 37.9 Å². The number of piperidine rings is 1. The van der Waals surface area contributed by atoms with Crippen molar-refractivity contribution in [1.29, 1.82) is 0 Å². The molecule has 2 saturated heterocycles. The van der Waals surface area contributed by atoms with Crippen LogP contribution in [0.25, 0.3) is 0 Å². The molecule has 0 aliphatic carbocycles. The fraction of sp³-hybridized carbons (Fsp3) is 0.565. The summed E-state index contributed by atoms with van der Waals surface area (Å²) < 4.78 is 21.6. The van der Waals surface area contributed by atoms with Crippen LogP contribution in [0.1, 0.15) is 25.3 Å². The van der Waals surface area contributed by atoms with Crippen molar-refractivity contribution in [3.63, 3.8) is 0 Å². The van der Waals surface area contributed by atoms with Gasteiger partial charge in [0.15, 0.2) is 11.5 Å². The van der Waals surface area contributed by atoms with Gasteiger partial charge in [-0.2, -0.15) is 5.06 Å². The third-order valence-corrected chi connectivity index (χ3v) is 7.86. The van der Waals surface area contributed by atoms with Gasteiger partial charge in [0.2, 0.25) is 0 Å². The fourth-order valence-corrected chi connectivity index (χ4v) is 6.23. The molecule has 172 valence electrons. The number of hydroxylamine groups is 1. The summed E-state index contributed by atoms with van der Waals surface area (Å²) in [4.78, 5) is 28.3. The van der Waals surface area contributed by atoms with Gasteiger partial charge in [0.1, 0.15) is 0 Å². The molecule has 4 heterocycles. The van der Waals surface area contributed by atoms with Crippen LogP contribution in [0.4, 0.5) is 5.69 Å². The number of amides is 1. The minimum absolute atomic E-state index is 0.0452. The molecule has 2 fully saturated rings. The van der Waals surface area contributed by atoms with Gasteiger partial charge in [0.25, 0.3) is 5.91 Å². The lowest BCUT2D eigenvalue weighted by molar-refractivity contribution is -0.139. The Morgan fingerprint density at radius 2 is 1.94 bits per heavy atom. The minimum atomic E-state index is -0.919. The number of nitrogens with zero attached hydrogens (tertiary/aromatic N) is 2. The van der Waals surface area contributed by atoms with Crippen LogP contribution in [0.3, 0.4) is 0 Å². The maximum Gasteiger partial charge on any atom is 0.337 e. The van der Waals surface area contributed by atoms with Gasteiger partial charge >= 0.3 is 5.97 Å². The second-order valence-corrected chi connectivity index (χ2v) is 8.99. The molecule has 1 N–H and O–H groups in total. The van der Waals surface area contributed by atoms with Gasteiger partial charge < -0.3 is 18.9 Å². The molecule has 9 nitrogen and oxygen atoms in total. The molecule has 0 radical (unpaired) electrons. The van der Waals surface area contributed by atoms with E-state index < -0.39 is 11.4 Å². The molecule has 0 saturated carbocycles. The Bertz CT molecular complexity index is 1010. The second kappa shape index (κ2) is 7.38. The average Bonchev–Trinajstić information content (AvgIpc) is 3.29. The number of carbonyl (C=O) groups is 2. The number of ether oxygens (including phenoxy) is 4. The van der Waals surface area contributed by atoms with Gasteiger partial charge in [-0.3, -0.25) is 14.9 Å². The number of methoxy groups -OCH3 is 3. The van der Waals surface area contributed by atoms with Crippen molar-refractivity contribution in [1.82, 2.24) is 4.90 Å². The molecule has 0 bridgehead atoms. The standard InChI is InChI=1S/C23H28N2O7/c1-12-14-10-24-6-5-23(20(24)7-13(14)15(11-32-12)21(26)31-4)16-8-18(29-2)19(30-3)9-17(16)25(28)22(23)27/h8-9,11-14,20,28H,5-7,10H2,1-4H3/t12-,13+,14+,20-,23+/m0/s1. The van der Waals surface area contributed by atoms with Crippen LogP contribution >= 0.6 is 0 Å². The van der Waals surface area contributed by atoms with E-state index in [-0.39, 0.29) is 29.9 Å². The minimum Gasteiger partial charge on any atom is -0.497 e. The van der Waals surface area contributed by atoms with E-state index >= 15 is 0 Å². The Morgan fingerprint density at radius 3 is 2.62 bits per heavy atom. The predicted molar refractivity (Wildman–Crippen MR) is 113 cm³/mol. The molecule has 1 aromatic rings. The van der Waals surface area contributed by atoms with E-state index in [9.17, 15) is 14.8 Å². The van der Waals surface area contributed by atoms with E-state index in [0.29, 0.717) is 48.7 Å². The monoisotopic (exact) mass is 444 g/mol. The van der Waals surface area contributed by atoms with Gasteiger partial charge in [0, 0.05) is 30.5 Å². The zero-order chi connectivity index (χ0) is 22.8. The van der Waals surface area contributed by atoms with Crippen LogP contribution in [0, 0.1) is 11.8 Å².